The van der Waals surface area contributed by atoms with Crippen molar-refractivity contribution in [2.45, 2.75) is 252 Å². The zero-order valence-electron chi connectivity index (χ0n) is 38.3. The molecule has 0 aromatic rings. The maximum absolute atomic E-state index is 12.6. The third kappa shape index (κ3) is 44.5. The number of allylic oxidation sites excluding steroid dienone is 8. The number of hydrogen-bond donors (Lipinski definition) is 0. The van der Waals surface area contributed by atoms with Crippen molar-refractivity contribution in [3.8, 4) is 0 Å². The van der Waals surface area contributed by atoms with Crippen LogP contribution in [0.5, 0.6) is 0 Å². The Morgan fingerprint density at radius 3 is 1.05 bits per heavy atom. The van der Waals surface area contributed by atoms with E-state index in [1.54, 1.807) is 0 Å². The van der Waals surface area contributed by atoms with Crippen molar-refractivity contribution in [3.63, 3.8) is 0 Å². The molecule has 0 aliphatic carbocycles. The molecular formula is C52H92O6. The van der Waals surface area contributed by atoms with Crippen molar-refractivity contribution >= 4 is 17.9 Å². The van der Waals surface area contributed by atoms with Crippen LogP contribution >= 0.6 is 0 Å². The molecule has 1 unspecified atom stereocenters. The molecule has 6 heteroatoms. The van der Waals surface area contributed by atoms with Gasteiger partial charge in [0.05, 0.1) is 0 Å². The first-order chi connectivity index (χ1) is 28.5. The van der Waals surface area contributed by atoms with E-state index in [9.17, 15) is 14.4 Å². The molecule has 6 nitrogen and oxygen atoms in total. The van der Waals surface area contributed by atoms with E-state index in [1.807, 2.05) is 0 Å². The molecule has 336 valence electrons. The fraction of sp³-hybridized carbons (Fsp3) is 0.788. The van der Waals surface area contributed by atoms with Crippen LogP contribution in [0.15, 0.2) is 48.6 Å². The number of ether oxygens (including phenoxy) is 3. The highest BCUT2D eigenvalue weighted by Gasteiger charge is 2.19. The van der Waals surface area contributed by atoms with Crippen molar-refractivity contribution in [1.82, 2.24) is 0 Å². The molecule has 1 atom stereocenters. The topological polar surface area (TPSA) is 78.9 Å². The van der Waals surface area contributed by atoms with Crippen LogP contribution in [0.1, 0.15) is 245 Å². The summed E-state index contributed by atoms with van der Waals surface area (Å²) in [6, 6.07) is 0. The van der Waals surface area contributed by atoms with E-state index >= 15 is 0 Å². The van der Waals surface area contributed by atoms with Crippen LogP contribution in [-0.4, -0.2) is 37.2 Å². The second kappa shape index (κ2) is 47.1. The Balaban J connectivity index is 4.05. The fourth-order valence-corrected chi connectivity index (χ4v) is 6.90. The molecule has 0 heterocycles. The summed E-state index contributed by atoms with van der Waals surface area (Å²) in [5.74, 6) is -0.881. The van der Waals surface area contributed by atoms with Crippen LogP contribution in [0.3, 0.4) is 0 Å². The van der Waals surface area contributed by atoms with Gasteiger partial charge in [0, 0.05) is 19.3 Å². The van der Waals surface area contributed by atoms with Crippen LogP contribution in [0.25, 0.3) is 0 Å². The van der Waals surface area contributed by atoms with Crippen LogP contribution in [0, 0.1) is 0 Å². The van der Waals surface area contributed by atoms with Crippen molar-refractivity contribution < 1.29 is 28.6 Å². The molecule has 0 amide bonds. The van der Waals surface area contributed by atoms with E-state index in [2.05, 4.69) is 69.4 Å². The third-order valence-corrected chi connectivity index (χ3v) is 10.6. The van der Waals surface area contributed by atoms with E-state index in [0.717, 1.165) is 83.5 Å². The summed E-state index contributed by atoms with van der Waals surface area (Å²) in [5.41, 5.74) is 0. The number of unbranched alkanes of at least 4 members (excludes halogenated alkanes) is 25. The largest absolute Gasteiger partial charge is 0.462 e. The first-order valence-electron chi connectivity index (χ1n) is 24.6. The molecule has 0 rings (SSSR count). The molecule has 0 spiro atoms. The molecule has 0 N–H and O–H groups in total. The zero-order valence-corrected chi connectivity index (χ0v) is 38.3. The second-order valence-electron chi connectivity index (χ2n) is 16.4. The Bertz CT molecular complexity index is 1030. The fourth-order valence-electron chi connectivity index (χ4n) is 6.90. The van der Waals surface area contributed by atoms with Crippen molar-refractivity contribution in [2.75, 3.05) is 13.2 Å². The van der Waals surface area contributed by atoms with E-state index < -0.39 is 6.10 Å². The minimum absolute atomic E-state index is 0.0710. The number of esters is 3. The van der Waals surface area contributed by atoms with Gasteiger partial charge in [0.1, 0.15) is 13.2 Å². The van der Waals surface area contributed by atoms with E-state index in [0.29, 0.717) is 19.3 Å². The second-order valence-corrected chi connectivity index (χ2v) is 16.4. The Labute approximate surface area is 358 Å². The Morgan fingerprint density at radius 2 is 0.672 bits per heavy atom. The average molecular weight is 813 g/mol. The predicted molar refractivity (Wildman–Crippen MR) is 247 cm³/mol. The van der Waals surface area contributed by atoms with Gasteiger partial charge in [-0.2, -0.15) is 0 Å². The van der Waals surface area contributed by atoms with Crippen molar-refractivity contribution in [1.29, 1.82) is 0 Å². The molecule has 0 aliphatic rings. The minimum Gasteiger partial charge on any atom is -0.462 e. The summed E-state index contributed by atoms with van der Waals surface area (Å²) < 4.78 is 16.6. The standard InChI is InChI=1S/C52H92O6/c1-4-7-10-13-16-18-19-20-21-22-23-24-25-26-27-28-29-30-31-32-33-34-37-39-42-45-51(54)57-48-49(47-56-50(53)44-41-38-35-15-12-9-6-3)58-52(55)46-43-40-36-17-14-11-8-5-2/h7,10,16,18,20-21,23-24,49H,4-6,8-9,11-15,17,19,22,25-48H2,1-3H3/b10-7-,18-16-,21-20-,24-23-. The molecule has 0 aliphatic heterocycles. The van der Waals surface area contributed by atoms with Gasteiger partial charge in [-0.15, -0.1) is 0 Å². The summed E-state index contributed by atoms with van der Waals surface area (Å²) in [7, 11) is 0. The number of rotatable bonds is 44. The van der Waals surface area contributed by atoms with Crippen molar-refractivity contribution in [2.24, 2.45) is 0 Å². The van der Waals surface area contributed by atoms with E-state index in [4.69, 9.17) is 14.2 Å². The maximum Gasteiger partial charge on any atom is 0.306 e. The van der Waals surface area contributed by atoms with Gasteiger partial charge in [-0.1, -0.05) is 217 Å². The normalized spacial score (nSPS) is 12.4. The average Bonchev–Trinajstić information content (AvgIpc) is 3.22. The summed E-state index contributed by atoms with van der Waals surface area (Å²) in [4.78, 5) is 37.5. The van der Waals surface area contributed by atoms with Gasteiger partial charge in [-0.25, -0.2) is 0 Å². The van der Waals surface area contributed by atoms with Gasteiger partial charge >= 0.3 is 17.9 Å². The first kappa shape index (κ1) is 55.4. The molecule has 0 aromatic carbocycles. The molecule has 0 aromatic heterocycles. The summed E-state index contributed by atoms with van der Waals surface area (Å²) >= 11 is 0. The molecular weight excluding hydrogens is 721 g/mol. The molecule has 58 heavy (non-hydrogen) atoms. The smallest absolute Gasteiger partial charge is 0.306 e. The predicted octanol–water partition coefficient (Wildman–Crippen LogP) is 15.9. The maximum atomic E-state index is 12.6. The SMILES string of the molecule is CC/C=C\C/C=C\C/C=C\C/C=C\CCCCCCCCCCCCCCC(=O)OCC(COC(=O)CCCCCCCCC)OC(=O)CCCCCCCCCC. The monoisotopic (exact) mass is 813 g/mol. The molecule has 0 fully saturated rings. The van der Waals surface area contributed by atoms with Gasteiger partial charge < -0.3 is 14.2 Å². The molecule has 0 bridgehead atoms. The lowest BCUT2D eigenvalue weighted by molar-refractivity contribution is -0.167. The Morgan fingerprint density at radius 1 is 0.362 bits per heavy atom. The summed E-state index contributed by atoms with van der Waals surface area (Å²) in [6.45, 7) is 6.45. The highest BCUT2D eigenvalue weighted by Crippen LogP contribution is 2.15. The van der Waals surface area contributed by atoms with Crippen LogP contribution in [0.2, 0.25) is 0 Å². The van der Waals surface area contributed by atoms with Crippen LogP contribution in [0.4, 0.5) is 0 Å². The highest BCUT2D eigenvalue weighted by molar-refractivity contribution is 5.71. The van der Waals surface area contributed by atoms with Crippen LogP contribution in [-0.2, 0) is 28.6 Å². The lowest BCUT2D eigenvalue weighted by Crippen LogP contribution is -2.30. The summed E-state index contributed by atoms with van der Waals surface area (Å²) in [5, 5.41) is 0. The molecule has 0 saturated heterocycles. The number of hydrogen-bond acceptors (Lipinski definition) is 6. The Kier molecular flexibility index (Phi) is 44.9. The number of carbonyl (C=O) groups excluding carboxylic acids is 3. The van der Waals surface area contributed by atoms with Gasteiger partial charge in [0.15, 0.2) is 6.10 Å². The minimum atomic E-state index is -0.764. The van der Waals surface area contributed by atoms with Gasteiger partial charge in [0.2, 0.25) is 0 Å². The lowest BCUT2D eigenvalue weighted by atomic mass is 10.0. The quantitative estimate of drug-likeness (QED) is 0.0264. The first-order valence-corrected chi connectivity index (χ1v) is 24.6. The number of carbonyl (C=O) groups is 3. The highest BCUT2D eigenvalue weighted by atomic mass is 16.6. The Hall–Kier alpha value is -2.63. The zero-order chi connectivity index (χ0) is 42.3. The van der Waals surface area contributed by atoms with Gasteiger partial charge in [-0.3, -0.25) is 14.4 Å². The van der Waals surface area contributed by atoms with E-state index in [1.165, 1.54) is 122 Å². The lowest BCUT2D eigenvalue weighted by Gasteiger charge is -2.18. The summed E-state index contributed by atoms with van der Waals surface area (Å²) in [6.07, 6.45) is 55.6. The third-order valence-electron chi connectivity index (χ3n) is 10.6. The van der Waals surface area contributed by atoms with Crippen molar-refractivity contribution in [3.05, 3.63) is 48.6 Å². The molecule has 0 radical (unpaired) electrons. The molecule has 0 saturated carbocycles. The van der Waals surface area contributed by atoms with Gasteiger partial charge in [-0.05, 0) is 57.8 Å². The van der Waals surface area contributed by atoms with E-state index in [-0.39, 0.29) is 31.1 Å². The van der Waals surface area contributed by atoms with Crippen LogP contribution < -0.4 is 0 Å². The van der Waals surface area contributed by atoms with Gasteiger partial charge in [0.25, 0.3) is 0 Å².